The van der Waals surface area contributed by atoms with Gasteiger partial charge in [0.1, 0.15) is 0 Å². The molecule has 0 aromatic heterocycles. The maximum Gasteiger partial charge on any atom is 0.0409 e. The molecule has 0 atom stereocenters. The Morgan fingerprint density at radius 1 is 1.27 bits per heavy atom. The number of rotatable bonds is 5. The fourth-order valence-corrected chi connectivity index (χ4v) is 1.54. The van der Waals surface area contributed by atoms with Crippen LogP contribution in [0.5, 0.6) is 0 Å². The molecule has 0 spiro atoms. The van der Waals surface area contributed by atoms with Gasteiger partial charge >= 0.3 is 0 Å². The van der Waals surface area contributed by atoms with Crippen LogP contribution in [0.25, 0.3) is 0 Å². The largest absolute Gasteiger partial charge is 0.399 e. The van der Waals surface area contributed by atoms with E-state index in [4.69, 9.17) is 5.73 Å². The van der Waals surface area contributed by atoms with Gasteiger partial charge < -0.3 is 10.6 Å². The van der Waals surface area contributed by atoms with Crippen molar-refractivity contribution < 1.29 is 0 Å². The molecule has 0 fully saturated rings. The molecule has 0 radical (unpaired) electrons. The minimum absolute atomic E-state index is 0.803. The van der Waals surface area contributed by atoms with Crippen molar-refractivity contribution in [3.63, 3.8) is 0 Å². The topological polar surface area (TPSA) is 29.3 Å². The van der Waals surface area contributed by atoms with E-state index in [1.165, 1.54) is 5.69 Å². The van der Waals surface area contributed by atoms with Crippen LogP contribution < -0.4 is 10.6 Å². The van der Waals surface area contributed by atoms with E-state index in [0.717, 1.165) is 30.8 Å². The zero-order valence-corrected chi connectivity index (χ0v) is 9.66. The number of benzene rings is 1. The molecule has 0 aliphatic heterocycles. The zero-order chi connectivity index (χ0) is 11.3. The quantitative estimate of drug-likeness (QED) is 0.745. The summed E-state index contributed by atoms with van der Waals surface area (Å²) in [5.74, 6) is 0. The summed E-state index contributed by atoms with van der Waals surface area (Å²) in [6.07, 6.45) is 2.09. The molecule has 0 heterocycles. The first kappa shape index (κ1) is 11.6. The lowest BCUT2D eigenvalue weighted by Gasteiger charge is -2.26. The van der Waals surface area contributed by atoms with Crippen molar-refractivity contribution in [2.45, 2.75) is 26.7 Å². The Labute approximate surface area is 92.4 Å². The van der Waals surface area contributed by atoms with E-state index in [9.17, 15) is 0 Å². The lowest BCUT2D eigenvalue weighted by atomic mass is 10.2. The van der Waals surface area contributed by atoms with E-state index in [-0.39, 0.29) is 0 Å². The van der Waals surface area contributed by atoms with Gasteiger partial charge in [0, 0.05) is 23.6 Å². The normalized spacial score (nSPS) is 10.0. The summed E-state index contributed by atoms with van der Waals surface area (Å²) in [4.78, 5) is 2.25. The fourth-order valence-electron chi connectivity index (χ4n) is 1.54. The average molecular weight is 204 g/mol. The molecular weight excluding hydrogens is 184 g/mol. The summed E-state index contributed by atoms with van der Waals surface area (Å²) in [6.45, 7) is 9.40. The molecule has 0 saturated carbocycles. The Hall–Kier alpha value is -1.44. The Bertz CT molecular complexity index is 314. The number of nitrogen functional groups attached to an aromatic ring is 1. The number of hydrogen-bond acceptors (Lipinski definition) is 2. The van der Waals surface area contributed by atoms with Crippen LogP contribution in [0.15, 0.2) is 36.5 Å². The molecule has 0 aliphatic carbocycles. The number of anilines is 2. The number of hydrogen-bond donors (Lipinski definition) is 1. The maximum absolute atomic E-state index is 5.67. The summed E-state index contributed by atoms with van der Waals surface area (Å²) in [5, 5.41) is 0. The summed E-state index contributed by atoms with van der Waals surface area (Å²) in [5.41, 5.74) is 8.80. The SMILES string of the molecule is C=C(CC)N(CCC)c1ccc(N)cc1. The lowest BCUT2D eigenvalue weighted by molar-refractivity contribution is 0.822. The molecule has 1 rings (SSSR count). The molecule has 2 N–H and O–H groups in total. The van der Waals surface area contributed by atoms with Gasteiger partial charge in [0.05, 0.1) is 0 Å². The van der Waals surface area contributed by atoms with E-state index in [1.807, 2.05) is 24.3 Å². The fraction of sp³-hybridized carbons (Fsp3) is 0.385. The number of allylic oxidation sites excluding steroid dienone is 1. The summed E-state index contributed by atoms with van der Waals surface area (Å²) >= 11 is 0. The van der Waals surface area contributed by atoms with Crippen molar-refractivity contribution in [2.75, 3.05) is 17.2 Å². The summed E-state index contributed by atoms with van der Waals surface area (Å²) in [7, 11) is 0. The van der Waals surface area contributed by atoms with Gasteiger partial charge in [-0.1, -0.05) is 20.4 Å². The van der Waals surface area contributed by atoms with Gasteiger partial charge in [-0.15, -0.1) is 0 Å². The Morgan fingerprint density at radius 3 is 2.33 bits per heavy atom. The molecule has 1 aromatic rings. The van der Waals surface area contributed by atoms with Crippen molar-refractivity contribution >= 4 is 11.4 Å². The van der Waals surface area contributed by atoms with Gasteiger partial charge in [-0.2, -0.15) is 0 Å². The first-order chi connectivity index (χ1) is 7.19. The van der Waals surface area contributed by atoms with Crippen LogP contribution in [0.1, 0.15) is 26.7 Å². The second-order valence-corrected chi connectivity index (χ2v) is 3.66. The summed E-state index contributed by atoms with van der Waals surface area (Å²) < 4.78 is 0. The number of nitrogens with two attached hydrogens (primary N) is 1. The van der Waals surface area contributed by atoms with Gasteiger partial charge in [-0.25, -0.2) is 0 Å². The molecule has 0 bridgehead atoms. The highest BCUT2D eigenvalue weighted by atomic mass is 15.1. The highest BCUT2D eigenvalue weighted by Gasteiger charge is 2.07. The van der Waals surface area contributed by atoms with Gasteiger partial charge in [0.2, 0.25) is 0 Å². The molecule has 15 heavy (non-hydrogen) atoms. The second kappa shape index (κ2) is 5.44. The molecule has 0 aliphatic rings. The van der Waals surface area contributed by atoms with Crippen LogP contribution >= 0.6 is 0 Å². The van der Waals surface area contributed by atoms with Crippen LogP contribution in [-0.4, -0.2) is 6.54 Å². The third-order valence-corrected chi connectivity index (χ3v) is 2.44. The van der Waals surface area contributed by atoms with Crippen LogP contribution in [-0.2, 0) is 0 Å². The second-order valence-electron chi connectivity index (χ2n) is 3.66. The predicted octanol–water partition coefficient (Wildman–Crippen LogP) is 3.41. The van der Waals surface area contributed by atoms with Crippen molar-refractivity contribution in [1.29, 1.82) is 0 Å². The Morgan fingerprint density at radius 2 is 1.87 bits per heavy atom. The highest BCUT2D eigenvalue weighted by Crippen LogP contribution is 2.21. The van der Waals surface area contributed by atoms with Crippen LogP contribution in [0, 0.1) is 0 Å². The summed E-state index contributed by atoms with van der Waals surface area (Å²) in [6, 6.07) is 7.96. The Balaban J connectivity index is 2.88. The third-order valence-electron chi connectivity index (χ3n) is 2.44. The molecule has 2 nitrogen and oxygen atoms in total. The van der Waals surface area contributed by atoms with Gasteiger partial charge in [-0.3, -0.25) is 0 Å². The first-order valence-corrected chi connectivity index (χ1v) is 5.49. The van der Waals surface area contributed by atoms with E-state index in [1.54, 1.807) is 0 Å². The predicted molar refractivity (Wildman–Crippen MR) is 67.9 cm³/mol. The monoisotopic (exact) mass is 204 g/mol. The van der Waals surface area contributed by atoms with Crippen molar-refractivity contribution in [3.8, 4) is 0 Å². The van der Waals surface area contributed by atoms with E-state index in [0.29, 0.717) is 0 Å². The molecule has 2 heteroatoms. The molecular formula is C13H20N2. The standard InChI is InChI=1S/C13H20N2/c1-4-10-15(11(3)5-2)13-8-6-12(14)7-9-13/h6-9H,3-5,10,14H2,1-2H3. The smallest absolute Gasteiger partial charge is 0.0409 e. The molecule has 0 saturated heterocycles. The maximum atomic E-state index is 5.67. The molecule has 0 amide bonds. The van der Waals surface area contributed by atoms with E-state index >= 15 is 0 Å². The first-order valence-electron chi connectivity index (χ1n) is 5.49. The van der Waals surface area contributed by atoms with Crippen LogP contribution in [0.3, 0.4) is 0 Å². The van der Waals surface area contributed by atoms with Crippen molar-refractivity contribution in [2.24, 2.45) is 0 Å². The average Bonchev–Trinajstić information content (AvgIpc) is 2.26. The highest BCUT2D eigenvalue weighted by molar-refractivity contribution is 5.56. The van der Waals surface area contributed by atoms with Crippen LogP contribution in [0.2, 0.25) is 0 Å². The van der Waals surface area contributed by atoms with Gasteiger partial charge in [0.15, 0.2) is 0 Å². The third kappa shape index (κ3) is 3.01. The van der Waals surface area contributed by atoms with E-state index < -0.39 is 0 Å². The Kier molecular flexibility index (Phi) is 4.22. The minimum Gasteiger partial charge on any atom is -0.399 e. The zero-order valence-electron chi connectivity index (χ0n) is 9.66. The minimum atomic E-state index is 0.803. The van der Waals surface area contributed by atoms with Gasteiger partial charge in [-0.05, 0) is 37.1 Å². The van der Waals surface area contributed by atoms with Crippen LogP contribution in [0.4, 0.5) is 11.4 Å². The number of nitrogens with zero attached hydrogens (tertiary/aromatic N) is 1. The lowest BCUT2D eigenvalue weighted by Crippen LogP contribution is -2.22. The van der Waals surface area contributed by atoms with Gasteiger partial charge in [0.25, 0.3) is 0 Å². The molecule has 1 aromatic carbocycles. The molecule has 82 valence electrons. The van der Waals surface area contributed by atoms with Crippen molar-refractivity contribution in [3.05, 3.63) is 36.5 Å². The van der Waals surface area contributed by atoms with Crippen molar-refractivity contribution in [1.82, 2.24) is 0 Å². The molecule has 0 unspecified atom stereocenters. The van der Waals surface area contributed by atoms with E-state index in [2.05, 4.69) is 25.3 Å².